The molecule has 192 valence electrons. The number of aliphatic imine (C=N–C) groups is 1. The van der Waals surface area contributed by atoms with Crippen molar-refractivity contribution >= 4 is 28.5 Å². The summed E-state index contributed by atoms with van der Waals surface area (Å²) in [5.41, 5.74) is 6.55. The lowest BCUT2D eigenvalue weighted by Gasteiger charge is -2.38. The predicted octanol–water partition coefficient (Wildman–Crippen LogP) is 6.67. The number of nitrogens with zero attached hydrogens (tertiary/aromatic N) is 1. The number of amides is 1. The van der Waals surface area contributed by atoms with Crippen molar-refractivity contribution in [3.63, 3.8) is 0 Å². The highest BCUT2D eigenvalue weighted by molar-refractivity contribution is 7.12. The first kappa shape index (κ1) is 27.6. The Hall–Kier alpha value is -2.96. The number of rotatable bonds is 10. The number of carbonyl (C=O) groups excluding carboxylic acids is 1. The van der Waals surface area contributed by atoms with E-state index in [0.717, 1.165) is 39.5 Å². The van der Waals surface area contributed by atoms with Crippen LogP contribution in [0.15, 0.2) is 64.1 Å². The van der Waals surface area contributed by atoms with Crippen LogP contribution in [0.3, 0.4) is 0 Å². The van der Waals surface area contributed by atoms with E-state index < -0.39 is 0 Å². The van der Waals surface area contributed by atoms with E-state index in [2.05, 4.69) is 36.5 Å². The smallest absolute Gasteiger partial charge is 0.270 e. The van der Waals surface area contributed by atoms with Crippen LogP contribution in [0.1, 0.15) is 62.6 Å². The number of methoxy groups -OCH3 is 1. The third-order valence-electron chi connectivity index (χ3n) is 6.43. The van der Waals surface area contributed by atoms with Crippen molar-refractivity contribution in [2.24, 2.45) is 4.99 Å². The van der Waals surface area contributed by atoms with Gasteiger partial charge in [0, 0.05) is 10.4 Å². The van der Waals surface area contributed by atoms with Crippen LogP contribution in [-0.4, -0.2) is 37.5 Å². The largest absolute Gasteiger partial charge is 0.496 e. The van der Waals surface area contributed by atoms with Crippen molar-refractivity contribution in [1.82, 2.24) is 5.32 Å². The molecule has 2 heterocycles. The third kappa shape index (κ3) is 6.62. The molecule has 3 rings (SSSR count). The standard InChI is InChI=1S/C30H38N2O3S/c1-8-11-23(9-2)25-16-21(4)24(17-26(25)34-7)14-13-20(3)28(29(33)32-30(6)18-35-19-30)31-22(5)27-12-10-15-36-27/h8-12,15-17H,13-14,18-19H2,1-7H3,(H,32,33)/b11-8-,23-9+,28-20+,31-22+. The highest BCUT2D eigenvalue weighted by Crippen LogP contribution is 2.31. The van der Waals surface area contributed by atoms with E-state index in [4.69, 9.17) is 14.5 Å². The molecule has 6 heteroatoms. The number of thiophene rings is 1. The normalized spacial score (nSPS) is 16.5. The maximum Gasteiger partial charge on any atom is 0.270 e. The van der Waals surface area contributed by atoms with E-state index in [1.807, 2.05) is 58.2 Å². The monoisotopic (exact) mass is 506 g/mol. The van der Waals surface area contributed by atoms with Crippen molar-refractivity contribution < 1.29 is 14.3 Å². The van der Waals surface area contributed by atoms with Crippen molar-refractivity contribution in [2.45, 2.75) is 59.9 Å². The minimum absolute atomic E-state index is 0.150. The summed E-state index contributed by atoms with van der Waals surface area (Å²) in [6.07, 6.45) is 7.72. The second-order valence-corrected chi connectivity index (χ2v) is 10.5. The average Bonchev–Trinajstić information content (AvgIpc) is 3.38. The molecule has 1 amide bonds. The lowest BCUT2D eigenvalue weighted by molar-refractivity contribution is -0.127. The average molecular weight is 507 g/mol. The molecule has 36 heavy (non-hydrogen) atoms. The quantitative estimate of drug-likeness (QED) is 0.223. The Balaban J connectivity index is 1.91. The molecule has 0 spiro atoms. The zero-order chi connectivity index (χ0) is 26.3. The van der Waals surface area contributed by atoms with Crippen LogP contribution < -0.4 is 10.1 Å². The molecule has 1 aromatic carbocycles. The molecule has 1 aliphatic heterocycles. The van der Waals surface area contributed by atoms with Crippen LogP contribution in [0.25, 0.3) is 5.57 Å². The van der Waals surface area contributed by atoms with Crippen LogP contribution in [0.2, 0.25) is 0 Å². The molecule has 0 radical (unpaired) electrons. The van der Waals surface area contributed by atoms with Crippen LogP contribution >= 0.6 is 11.3 Å². The summed E-state index contributed by atoms with van der Waals surface area (Å²) in [6, 6.07) is 8.33. The number of benzene rings is 1. The van der Waals surface area contributed by atoms with Gasteiger partial charge in [-0.05, 0) is 100 Å². The summed E-state index contributed by atoms with van der Waals surface area (Å²) in [6.45, 7) is 13.2. The molecule has 0 atom stereocenters. The molecule has 1 saturated heterocycles. The Morgan fingerprint density at radius 2 is 2.03 bits per heavy atom. The Bertz CT molecular complexity index is 1200. The number of hydrogen-bond acceptors (Lipinski definition) is 5. The highest BCUT2D eigenvalue weighted by Gasteiger charge is 2.35. The maximum absolute atomic E-state index is 13.3. The number of carbonyl (C=O) groups is 1. The molecular weight excluding hydrogens is 468 g/mol. The molecule has 0 bridgehead atoms. The molecule has 2 aromatic rings. The number of ether oxygens (including phenoxy) is 2. The first-order valence-corrected chi connectivity index (χ1v) is 13.3. The van der Waals surface area contributed by atoms with Gasteiger partial charge in [-0.15, -0.1) is 11.3 Å². The van der Waals surface area contributed by atoms with Gasteiger partial charge in [0.05, 0.1) is 31.6 Å². The van der Waals surface area contributed by atoms with Crippen LogP contribution in [-0.2, 0) is 16.0 Å². The summed E-state index contributed by atoms with van der Waals surface area (Å²) in [5, 5.41) is 5.15. The minimum atomic E-state index is -0.341. The van der Waals surface area contributed by atoms with Gasteiger partial charge in [0.1, 0.15) is 11.4 Å². The molecule has 1 fully saturated rings. The molecule has 1 aliphatic rings. The SMILES string of the molecule is C/C=C\C(=C/C)c1cc(C)c(CC/C(C)=C(/N=C(\C)c2cccs2)C(=O)NC2(C)COC2)cc1OC. The second kappa shape index (κ2) is 12.3. The Morgan fingerprint density at radius 1 is 1.28 bits per heavy atom. The third-order valence-corrected chi connectivity index (χ3v) is 7.41. The van der Waals surface area contributed by atoms with E-state index in [1.165, 1.54) is 11.1 Å². The molecule has 0 aliphatic carbocycles. The van der Waals surface area contributed by atoms with Crippen LogP contribution in [0.4, 0.5) is 0 Å². The van der Waals surface area contributed by atoms with E-state index in [1.54, 1.807) is 18.4 Å². The summed E-state index contributed by atoms with van der Waals surface area (Å²) in [5.74, 6) is 0.703. The van der Waals surface area contributed by atoms with Gasteiger partial charge in [-0.25, -0.2) is 4.99 Å². The fraction of sp³-hybridized carbons (Fsp3) is 0.400. The van der Waals surface area contributed by atoms with E-state index in [-0.39, 0.29) is 11.4 Å². The van der Waals surface area contributed by atoms with Crippen molar-refractivity contribution in [3.05, 3.63) is 80.7 Å². The van der Waals surface area contributed by atoms with E-state index in [0.29, 0.717) is 25.3 Å². The van der Waals surface area contributed by atoms with Gasteiger partial charge in [0.15, 0.2) is 0 Å². The Kier molecular flexibility index (Phi) is 9.46. The van der Waals surface area contributed by atoms with Gasteiger partial charge in [0.25, 0.3) is 5.91 Å². The number of nitrogens with one attached hydrogen (secondary N) is 1. The molecule has 0 unspecified atom stereocenters. The topological polar surface area (TPSA) is 59.9 Å². The predicted molar refractivity (Wildman–Crippen MR) is 151 cm³/mol. The molecule has 1 aromatic heterocycles. The first-order chi connectivity index (χ1) is 17.2. The number of aryl methyl sites for hydroxylation is 2. The van der Waals surface area contributed by atoms with Gasteiger partial charge >= 0.3 is 0 Å². The zero-order valence-corrected chi connectivity index (χ0v) is 23.3. The van der Waals surface area contributed by atoms with E-state index in [9.17, 15) is 4.79 Å². The number of allylic oxidation sites excluding steroid dienone is 5. The second-order valence-electron chi connectivity index (χ2n) is 9.53. The van der Waals surface area contributed by atoms with Gasteiger partial charge in [0.2, 0.25) is 0 Å². The lowest BCUT2D eigenvalue weighted by Crippen LogP contribution is -2.60. The van der Waals surface area contributed by atoms with Gasteiger partial charge < -0.3 is 14.8 Å². The molecule has 0 saturated carbocycles. The molecular formula is C30H38N2O3S. The van der Waals surface area contributed by atoms with Crippen LogP contribution in [0.5, 0.6) is 5.75 Å². The van der Waals surface area contributed by atoms with Crippen molar-refractivity contribution in [1.29, 1.82) is 0 Å². The van der Waals surface area contributed by atoms with E-state index >= 15 is 0 Å². The molecule has 1 N–H and O–H groups in total. The Morgan fingerprint density at radius 3 is 2.58 bits per heavy atom. The lowest BCUT2D eigenvalue weighted by atomic mass is 9.94. The Labute approximate surface area is 219 Å². The van der Waals surface area contributed by atoms with Gasteiger partial charge in [-0.2, -0.15) is 0 Å². The summed E-state index contributed by atoms with van der Waals surface area (Å²) < 4.78 is 11.1. The van der Waals surface area contributed by atoms with Crippen LogP contribution in [0, 0.1) is 6.92 Å². The van der Waals surface area contributed by atoms with Crippen molar-refractivity contribution in [3.8, 4) is 5.75 Å². The van der Waals surface area contributed by atoms with Gasteiger partial charge in [-0.1, -0.05) is 24.3 Å². The fourth-order valence-electron chi connectivity index (χ4n) is 4.22. The summed E-state index contributed by atoms with van der Waals surface area (Å²) >= 11 is 1.62. The first-order valence-electron chi connectivity index (χ1n) is 12.4. The minimum Gasteiger partial charge on any atom is -0.496 e. The fourth-order valence-corrected chi connectivity index (χ4v) is 4.89. The van der Waals surface area contributed by atoms with Gasteiger partial charge in [-0.3, -0.25) is 4.79 Å². The summed E-state index contributed by atoms with van der Waals surface area (Å²) in [4.78, 5) is 19.2. The highest BCUT2D eigenvalue weighted by atomic mass is 32.1. The number of hydrogen-bond donors (Lipinski definition) is 1. The maximum atomic E-state index is 13.3. The zero-order valence-electron chi connectivity index (χ0n) is 22.5. The van der Waals surface area contributed by atoms with Crippen molar-refractivity contribution in [2.75, 3.05) is 20.3 Å². The molecule has 5 nitrogen and oxygen atoms in total. The summed E-state index contributed by atoms with van der Waals surface area (Å²) in [7, 11) is 1.71.